The molecule has 1 aromatic carbocycles. The minimum Gasteiger partial charge on any atom is -0.383 e. The zero-order valence-corrected chi connectivity index (χ0v) is 9.25. The normalized spacial score (nSPS) is 16.4. The molecule has 82 valence electrons. The Balaban J connectivity index is 2.20. The van der Waals surface area contributed by atoms with Crippen LogP contribution in [0.4, 0.5) is 0 Å². The first-order chi connectivity index (χ1) is 7.35. The fourth-order valence-electron chi connectivity index (χ4n) is 1.92. The molecule has 0 saturated carbocycles. The predicted octanol–water partition coefficient (Wildman–Crippen LogP) is 1.62. The molecule has 15 heavy (non-hydrogen) atoms. The van der Waals surface area contributed by atoms with Crippen molar-refractivity contribution >= 4 is 0 Å². The van der Waals surface area contributed by atoms with Crippen LogP contribution in [0.1, 0.15) is 22.7 Å². The maximum absolute atomic E-state index is 5.39. The number of benzene rings is 1. The van der Waals surface area contributed by atoms with E-state index in [2.05, 4.69) is 23.5 Å². The summed E-state index contributed by atoms with van der Waals surface area (Å²) in [5, 5.41) is 3.24. The summed E-state index contributed by atoms with van der Waals surface area (Å²) >= 11 is 0. The molecule has 2 rings (SSSR count). The molecule has 1 aliphatic rings. The molecule has 0 aromatic heterocycles. The molecule has 0 saturated heterocycles. The van der Waals surface area contributed by atoms with E-state index in [1.54, 1.807) is 7.11 Å². The smallest absolute Gasteiger partial charge is 0.0725 e. The Morgan fingerprint density at radius 3 is 2.93 bits per heavy atom. The number of fused-ring (bicyclic) bond motifs is 1. The molecule has 0 radical (unpaired) electrons. The van der Waals surface area contributed by atoms with Crippen molar-refractivity contribution in [3.8, 4) is 0 Å². The molecule has 0 bridgehead atoms. The first-order valence-corrected chi connectivity index (χ1v) is 5.21. The van der Waals surface area contributed by atoms with Gasteiger partial charge in [0.2, 0.25) is 0 Å². The van der Waals surface area contributed by atoms with E-state index in [4.69, 9.17) is 9.47 Å². The number of likely N-dealkylation sites (N-methyl/N-ethyl adjacent to an activating group) is 1. The highest BCUT2D eigenvalue weighted by atomic mass is 16.5. The highest BCUT2D eigenvalue weighted by Crippen LogP contribution is 2.23. The lowest BCUT2D eigenvalue weighted by atomic mass is 10.0. The van der Waals surface area contributed by atoms with E-state index in [1.165, 1.54) is 16.7 Å². The predicted molar refractivity (Wildman–Crippen MR) is 58.6 cm³/mol. The van der Waals surface area contributed by atoms with E-state index in [1.807, 2.05) is 7.05 Å². The third-order valence-corrected chi connectivity index (χ3v) is 2.83. The summed E-state index contributed by atoms with van der Waals surface area (Å²) < 4.78 is 10.6. The number of hydrogen-bond donors (Lipinski definition) is 1. The third kappa shape index (κ3) is 2.20. The molecule has 1 N–H and O–H groups in total. The van der Waals surface area contributed by atoms with E-state index < -0.39 is 0 Å². The van der Waals surface area contributed by atoms with Gasteiger partial charge in [-0.25, -0.2) is 0 Å². The molecule has 1 unspecified atom stereocenters. The van der Waals surface area contributed by atoms with E-state index in [0.717, 1.165) is 13.2 Å². The molecule has 3 heteroatoms. The average Bonchev–Trinajstić information content (AvgIpc) is 2.72. The molecular weight excluding hydrogens is 190 g/mol. The Hall–Kier alpha value is -0.900. The van der Waals surface area contributed by atoms with E-state index >= 15 is 0 Å². The zero-order valence-electron chi connectivity index (χ0n) is 9.25. The Morgan fingerprint density at radius 1 is 1.40 bits per heavy atom. The highest BCUT2D eigenvalue weighted by molar-refractivity contribution is 5.34. The summed E-state index contributed by atoms with van der Waals surface area (Å²) in [6, 6.07) is 6.77. The summed E-state index contributed by atoms with van der Waals surface area (Å²) in [6.07, 6.45) is 0. The minimum absolute atomic E-state index is 0.265. The van der Waals surface area contributed by atoms with Crippen molar-refractivity contribution in [3.05, 3.63) is 34.9 Å². The second-order valence-electron chi connectivity index (χ2n) is 3.82. The summed E-state index contributed by atoms with van der Waals surface area (Å²) in [7, 11) is 3.67. The Kier molecular flexibility index (Phi) is 3.36. The van der Waals surface area contributed by atoms with Gasteiger partial charge in [-0.15, -0.1) is 0 Å². The van der Waals surface area contributed by atoms with Gasteiger partial charge in [-0.05, 0) is 23.7 Å². The van der Waals surface area contributed by atoms with Crippen LogP contribution in [-0.4, -0.2) is 20.8 Å². The van der Waals surface area contributed by atoms with Gasteiger partial charge in [0.1, 0.15) is 0 Å². The molecular formula is C12H17NO2. The maximum atomic E-state index is 5.39. The van der Waals surface area contributed by atoms with E-state index in [0.29, 0.717) is 6.61 Å². The quantitative estimate of drug-likeness (QED) is 0.814. The highest BCUT2D eigenvalue weighted by Gasteiger charge is 2.14. The summed E-state index contributed by atoms with van der Waals surface area (Å²) in [4.78, 5) is 0. The van der Waals surface area contributed by atoms with Gasteiger partial charge in [0.25, 0.3) is 0 Å². The van der Waals surface area contributed by atoms with Crippen LogP contribution in [-0.2, 0) is 22.7 Å². The van der Waals surface area contributed by atoms with Crippen LogP contribution in [0.15, 0.2) is 18.2 Å². The Morgan fingerprint density at radius 2 is 2.20 bits per heavy atom. The Bertz CT molecular complexity index is 338. The number of rotatable bonds is 4. The second kappa shape index (κ2) is 4.75. The van der Waals surface area contributed by atoms with Crippen molar-refractivity contribution in [3.63, 3.8) is 0 Å². The lowest BCUT2D eigenvalue weighted by molar-refractivity contribution is 0.134. The maximum Gasteiger partial charge on any atom is 0.0725 e. The average molecular weight is 207 g/mol. The third-order valence-electron chi connectivity index (χ3n) is 2.83. The van der Waals surface area contributed by atoms with Gasteiger partial charge in [-0.3, -0.25) is 0 Å². The number of hydrogen-bond acceptors (Lipinski definition) is 3. The largest absolute Gasteiger partial charge is 0.383 e. The standard InChI is InChI=1S/C12H17NO2/c1-13-12(8-14-2)9-3-4-10-6-15-7-11(10)5-9/h3-5,12-13H,6-8H2,1-2H3. The topological polar surface area (TPSA) is 30.5 Å². The van der Waals surface area contributed by atoms with Crippen molar-refractivity contribution in [2.75, 3.05) is 20.8 Å². The van der Waals surface area contributed by atoms with Crippen LogP contribution < -0.4 is 5.32 Å². The molecule has 3 nitrogen and oxygen atoms in total. The molecule has 1 aliphatic heterocycles. The van der Waals surface area contributed by atoms with Crippen molar-refractivity contribution < 1.29 is 9.47 Å². The lowest BCUT2D eigenvalue weighted by Crippen LogP contribution is -2.21. The fourth-order valence-corrected chi connectivity index (χ4v) is 1.92. The van der Waals surface area contributed by atoms with Gasteiger partial charge in [0.15, 0.2) is 0 Å². The van der Waals surface area contributed by atoms with Gasteiger partial charge in [0.05, 0.1) is 25.9 Å². The SMILES string of the molecule is CNC(COC)c1ccc2c(c1)COC2. The molecule has 0 aliphatic carbocycles. The van der Waals surface area contributed by atoms with Crippen LogP contribution in [0.5, 0.6) is 0 Å². The van der Waals surface area contributed by atoms with Crippen molar-refractivity contribution in [1.82, 2.24) is 5.32 Å². The van der Waals surface area contributed by atoms with Crippen molar-refractivity contribution in [2.24, 2.45) is 0 Å². The molecule has 1 heterocycles. The zero-order chi connectivity index (χ0) is 10.7. The molecule has 0 spiro atoms. The van der Waals surface area contributed by atoms with Gasteiger partial charge >= 0.3 is 0 Å². The van der Waals surface area contributed by atoms with Crippen LogP contribution >= 0.6 is 0 Å². The lowest BCUT2D eigenvalue weighted by Gasteiger charge is -2.16. The fraction of sp³-hybridized carbons (Fsp3) is 0.500. The monoisotopic (exact) mass is 207 g/mol. The van der Waals surface area contributed by atoms with Crippen LogP contribution in [0.3, 0.4) is 0 Å². The number of methoxy groups -OCH3 is 1. The van der Waals surface area contributed by atoms with Crippen LogP contribution in [0.2, 0.25) is 0 Å². The summed E-state index contributed by atoms with van der Waals surface area (Å²) in [5.41, 5.74) is 3.89. The van der Waals surface area contributed by atoms with Crippen LogP contribution in [0, 0.1) is 0 Å². The molecule has 1 aromatic rings. The minimum atomic E-state index is 0.265. The van der Waals surface area contributed by atoms with E-state index in [-0.39, 0.29) is 6.04 Å². The van der Waals surface area contributed by atoms with Gasteiger partial charge < -0.3 is 14.8 Å². The van der Waals surface area contributed by atoms with Gasteiger partial charge in [-0.1, -0.05) is 18.2 Å². The van der Waals surface area contributed by atoms with Crippen molar-refractivity contribution in [2.45, 2.75) is 19.3 Å². The number of nitrogens with one attached hydrogen (secondary N) is 1. The van der Waals surface area contributed by atoms with Crippen LogP contribution in [0.25, 0.3) is 0 Å². The van der Waals surface area contributed by atoms with E-state index in [9.17, 15) is 0 Å². The molecule has 0 amide bonds. The van der Waals surface area contributed by atoms with Gasteiger partial charge in [0, 0.05) is 7.11 Å². The first kappa shape index (κ1) is 10.6. The molecule has 0 fully saturated rings. The van der Waals surface area contributed by atoms with Gasteiger partial charge in [-0.2, -0.15) is 0 Å². The Labute approximate surface area is 90.4 Å². The van der Waals surface area contributed by atoms with Crippen molar-refractivity contribution in [1.29, 1.82) is 0 Å². The second-order valence-corrected chi connectivity index (χ2v) is 3.82. The molecule has 1 atom stereocenters. The summed E-state index contributed by atoms with van der Waals surface area (Å²) in [6.45, 7) is 2.19. The summed E-state index contributed by atoms with van der Waals surface area (Å²) in [5.74, 6) is 0. The first-order valence-electron chi connectivity index (χ1n) is 5.21. The number of ether oxygens (including phenoxy) is 2.